The van der Waals surface area contributed by atoms with E-state index >= 15 is 0 Å². The lowest BCUT2D eigenvalue weighted by atomic mass is 9.88. The van der Waals surface area contributed by atoms with Crippen molar-refractivity contribution in [1.82, 2.24) is 5.32 Å². The van der Waals surface area contributed by atoms with Crippen LogP contribution in [0.5, 0.6) is 0 Å². The summed E-state index contributed by atoms with van der Waals surface area (Å²) in [7, 11) is 0. The summed E-state index contributed by atoms with van der Waals surface area (Å²) >= 11 is 0. The van der Waals surface area contributed by atoms with Crippen molar-refractivity contribution in [3.05, 3.63) is 12.7 Å². The van der Waals surface area contributed by atoms with E-state index in [1.807, 2.05) is 6.92 Å². The Morgan fingerprint density at radius 1 is 1.43 bits per heavy atom. The average Bonchev–Trinajstić information content (AvgIpc) is 2.02. The Hall–Kier alpha value is -0.830. The van der Waals surface area contributed by atoms with E-state index in [-0.39, 0.29) is 17.7 Å². The fourth-order valence-corrected chi connectivity index (χ4v) is 0.858. The fraction of sp³-hybridized carbons (Fsp3) is 0.727. The highest BCUT2D eigenvalue weighted by molar-refractivity contribution is 5.81. The molecule has 0 amide bonds. The number of hydrogen-bond acceptors (Lipinski definition) is 3. The van der Waals surface area contributed by atoms with E-state index in [1.165, 1.54) is 6.08 Å². The molecule has 0 radical (unpaired) electrons. The molecule has 0 fully saturated rings. The second-order valence-electron chi connectivity index (χ2n) is 4.54. The highest BCUT2D eigenvalue weighted by atomic mass is 16.6. The van der Waals surface area contributed by atoms with Crippen LogP contribution in [-0.4, -0.2) is 18.2 Å². The SMILES string of the molecule is C=CC(=O)OC(C)NC(C)C(C)(C)C. The first-order chi connectivity index (χ1) is 6.27. The highest BCUT2D eigenvalue weighted by Gasteiger charge is 2.21. The lowest BCUT2D eigenvalue weighted by Crippen LogP contribution is -2.44. The van der Waals surface area contributed by atoms with Gasteiger partial charge in [-0.1, -0.05) is 27.4 Å². The summed E-state index contributed by atoms with van der Waals surface area (Å²) in [4.78, 5) is 10.9. The van der Waals surface area contributed by atoms with Gasteiger partial charge in [0, 0.05) is 12.1 Å². The Labute approximate surface area is 86.5 Å². The number of esters is 1. The smallest absolute Gasteiger partial charge is 0.331 e. The normalized spacial score (nSPS) is 15.8. The average molecular weight is 199 g/mol. The van der Waals surface area contributed by atoms with Gasteiger partial charge in [-0.05, 0) is 19.3 Å². The quantitative estimate of drug-likeness (QED) is 0.428. The Balaban J connectivity index is 4.00. The topological polar surface area (TPSA) is 38.3 Å². The predicted octanol–water partition coefficient (Wildman–Crippen LogP) is 2.09. The molecule has 0 saturated heterocycles. The zero-order chi connectivity index (χ0) is 11.4. The first-order valence-corrected chi connectivity index (χ1v) is 4.86. The molecule has 0 aromatic rings. The second-order valence-corrected chi connectivity index (χ2v) is 4.54. The van der Waals surface area contributed by atoms with E-state index in [2.05, 4.69) is 39.6 Å². The zero-order valence-corrected chi connectivity index (χ0v) is 9.76. The predicted molar refractivity (Wildman–Crippen MR) is 57.8 cm³/mol. The Bertz CT molecular complexity index is 206. The molecule has 0 aliphatic carbocycles. The maximum Gasteiger partial charge on any atom is 0.331 e. The minimum absolute atomic E-state index is 0.148. The van der Waals surface area contributed by atoms with Crippen LogP contribution in [0.4, 0.5) is 0 Å². The Morgan fingerprint density at radius 2 is 1.93 bits per heavy atom. The van der Waals surface area contributed by atoms with Crippen molar-refractivity contribution >= 4 is 5.97 Å². The van der Waals surface area contributed by atoms with Crippen molar-refractivity contribution in [2.24, 2.45) is 5.41 Å². The molecule has 3 heteroatoms. The minimum Gasteiger partial charge on any atom is -0.444 e. The first kappa shape index (κ1) is 13.2. The van der Waals surface area contributed by atoms with Crippen molar-refractivity contribution in [2.75, 3.05) is 0 Å². The van der Waals surface area contributed by atoms with Gasteiger partial charge in [0.2, 0.25) is 0 Å². The molecule has 0 aliphatic heterocycles. The summed E-state index contributed by atoms with van der Waals surface area (Å²) in [5.41, 5.74) is 0.148. The van der Waals surface area contributed by atoms with E-state index in [4.69, 9.17) is 4.74 Å². The third-order valence-corrected chi connectivity index (χ3v) is 2.24. The van der Waals surface area contributed by atoms with Crippen LogP contribution in [-0.2, 0) is 9.53 Å². The van der Waals surface area contributed by atoms with Gasteiger partial charge in [-0.15, -0.1) is 0 Å². The minimum atomic E-state index is -0.397. The molecule has 0 aromatic heterocycles. The van der Waals surface area contributed by atoms with Crippen molar-refractivity contribution < 1.29 is 9.53 Å². The number of nitrogens with one attached hydrogen (secondary N) is 1. The molecule has 14 heavy (non-hydrogen) atoms. The lowest BCUT2D eigenvalue weighted by molar-refractivity contribution is -0.144. The largest absolute Gasteiger partial charge is 0.444 e. The maximum atomic E-state index is 10.9. The lowest BCUT2D eigenvalue weighted by Gasteiger charge is -2.30. The van der Waals surface area contributed by atoms with Crippen molar-refractivity contribution in [2.45, 2.75) is 46.9 Å². The van der Waals surface area contributed by atoms with Gasteiger partial charge in [0.25, 0.3) is 0 Å². The number of carbonyl (C=O) groups excluding carboxylic acids is 1. The molecule has 82 valence electrons. The van der Waals surface area contributed by atoms with Crippen LogP contribution >= 0.6 is 0 Å². The summed E-state index contributed by atoms with van der Waals surface area (Å²) in [6.07, 6.45) is 0.884. The molecule has 0 aliphatic rings. The molecule has 2 atom stereocenters. The monoisotopic (exact) mass is 199 g/mol. The molecule has 0 aromatic carbocycles. The van der Waals surface area contributed by atoms with E-state index in [0.29, 0.717) is 0 Å². The number of ether oxygens (including phenoxy) is 1. The summed E-state index contributed by atoms with van der Waals surface area (Å²) in [6, 6.07) is 0.273. The van der Waals surface area contributed by atoms with E-state index in [0.717, 1.165) is 0 Å². The van der Waals surface area contributed by atoms with Crippen molar-refractivity contribution in [3.8, 4) is 0 Å². The van der Waals surface area contributed by atoms with Gasteiger partial charge >= 0.3 is 5.97 Å². The van der Waals surface area contributed by atoms with Gasteiger partial charge in [-0.2, -0.15) is 0 Å². The van der Waals surface area contributed by atoms with E-state index in [1.54, 1.807) is 0 Å². The fourth-order valence-electron chi connectivity index (χ4n) is 0.858. The molecule has 2 unspecified atom stereocenters. The van der Waals surface area contributed by atoms with E-state index in [9.17, 15) is 4.79 Å². The third-order valence-electron chi connectivity index (χ3n) is 2.24. The van der Waals surface area contributed by atoms with Crippen LogP contribution in [0.25, 0.3) is 0 Å². The van der Waals surface area contributed by atoms with Gasteiger partial charge in [0.1, 0.15) is 0 Å². The molecule has 0 heterocycles. The van der Waals surface area contributed by atoms with Crippen LogP contribution < -0.4 is 5.32 Å². The first-order valence-electron chi connectivity index (χ1n) is 4.86. The van der Waals surface area contributed by atoms with E-state index < -0.39 is 5.97 Å². The molecule has 0 spiro atoms. The third kappa shape index (κ3) is 5.02. The van der Waals surface area contributed by atoms with Crippen LogP contribution in [0.15, 0.2) is 12.7 Å². The highest BCUT2D eigenvalue weighted by Crippen LogP contribution is 2.18. The molecule has 0 bridgehead atoms. The van der Waals surface area contributed by atoms with Crippen molar-refractivity contribution in [1.29, 1.82) is 0 Å². The standard InChI is InChI=1S/C11H21NO2/c1-7-10(13)14-9(3)12-8(2)11(4,5)6/h7-9,12H,1H2,2-6H3. The summed E-state index contributed by atoms with van der Waals surface area (Å²) in [6.45, 7) is 13.6. The van der Waals surface area contributed by atoms with Gasteiger partial charge < -0.3 is 4.74 Å². The summed E-state index contributed by atoms with van der Waals surface area (Å²) in [5.74, 6) is -0.397. The molecular formula is C11H21NO2. The van der Waals surface area contributed by atoms with Crippen LogP contribution in [0.2, 0.25) is 0 Å². The summed E-state index contributed by atoms with van der Waals surface area (Å²) in [5, 5.41) is 3.19. The van der Waals surface area contributed by atoms with Crippen LogP contribution in [0, 0.1) is 5.41 Å². The molecule has 1 N–H and O–H groups in total. The zero-order valence-electron chi connectivity index (χ0n) is 9.76. The number of hydrogen-bond donors (Lipinski definition) is 1. The van der Waals surface area contributed by atoms with Gasteiger partial charge in [-0.3, -0.25) is 5.32 Å². The van der Waals surface area contributed by atoms with Crippen LogP contribution in [0.3, 0.4) is 0 Å². The Morgan fingerprint density at radius 3 is 2.29 bits per heavy atom. The van der Waals surface area contributed by atoms with Crippen LogP contribution in [0.1, 0.15) is 34.6 Å². The second kappa shape index (κ2) is 5.15. The Kier molecular flexibility index (Phi) is 4.85. The molecule has 0 rings (SSSR count). The molecule has 0 saturated carbocycles. The van der Waals surface area contributed by atoms with Crippen molar-refractivity contribution in [3.63, 3.8) is 0 Å². The number of carbonyl (C=O) groups is 1. The maximum absolute atomic E-state index is 10.9. The summed E-state index contributed by atoms with van der Waals surface area (Å²) < 4.78 is 5.00. The van der Waals surface area contributed by atoms with Gasteiger partial charge in [0.05, 0.1) is 0 Å². The van der Waals surface area contributed by atoms with Gasteiger partial charge in [0.15, 0.2) is 6.23 Å². The molecular weight excluding hydrogens is 178 g/mol. The molecule has 3 nitrogen and oxygen atoms in total. The number of rotatable bonds is 4. The van der Waals surface area contributed by atoms with Gasteiger partial charge in [-0.25, -0.2) is 4.79 Å².